The summed E-state index contributed by atoms with van der Waals surface area (Å²) in [5.74, 6) is -0.951. The first-order valence-electron chi connectivity index (χ1n) is 3.86. The number of nitriles is 1. The summed E-state index contributed by atoms with van der Waals surface area (Å²) in [6.45, 7) is -0.170. The fraction of sp³-hybridized carbons (Fsp3) is 0.125. The number of hydrogen-bond donors (Lipinski definition) is 1. The van der Waals surface area contributed by atoms with Crippen molar-refractivity contribution in [1.29, 1.82) is 5.26 Å². The van der Waals surface area contributed by atoms with E-state index in [1.54, 1.807) is 12.4 Å². The number of aromatic nitrogens is 3. The fourth-order valence-corrected chi connectivity index (χ4v) is 1.32. The van der Waals surface area contributed by atoms with Crippen LogP contribution in [0, 0.1) is 11.3 Å². The van der Waals surface area contributed by atoms with Crippen molar-refractivity contribution < 1.29 is 9.90 Å². The van der Waals surface area contributed by atoms with Gasteiger partial charge in [-0.3, -0.25) is 4.79 Å². The van der Waals surface area contributed by atoms with Crippen LogP contribution in [0.15, 0.2) is 18.6 Å². The number of aliphatic carboxylic acids is 1. The van der Waals surface area contributed by atoms with E-state index in [0.29, 0.717) is 11.2 Å². The van der Waals surface area contributed by atoms with E-state index in [1.165, 1.54) is 15.3 Å². The Morgan fingerprint density at radius 1 is 1.64 bits per heavy atom. The molecule has 0 bridgehead atoms. The van der Waals surface area contributed by atoms with Crippen LogP contribution in [0.25, 0.3) is 5.65 Å². The van der Waals surface area contributed by atoms with Crippen molar-refractivity contribution in [3.05, 3.63) is 24.2 Å². The van der Waals surface area contributed by atoms with Gasteiger partial charge in [0.1, 0.15) is 18.2 Å². The summed E-state index contributed by atoms with van der Waals surface area (Å²) < 4.78 is 2.94. The van der Waals surface area contributed by atoms with Crippen LogP contribution in [0.1, 0.15) is 5.56 Å². The lowest BCUT2D eigenvalue weighted by Gasteiger charge is -1.97. The number of imidazole rings is 1. The average Bonchev–Trinajstić information content (AvgIpc) is 2.67. The topological polar surface area (TPSA) is 83.3 Å². The molecule has 1 N–H and O–H groups in total. The maximum absolute atomic E-state index is 10.5. The Kier molecular flexibility index (Phi) is 1.71. The van der Waals surface area contributed by atoms with E-state index in [9.17, 15) is 4.79 Å². The number of nitrogens with zero attached hydrogens (tertiary/aromatic N) is 4. The predicted molar refractivity (Wildman–Crippen MR) is 45.5 cm³/mol. The largest absolute Gasteiger partial charge is 0.480 e. The van der Waals surface area contributed by atoms with Gasteiger partial charge in [0.2, 0.25) is 0 Å². The molecule has 2 aromatic rings. The van der Waals surface area contributed by atoms with E-state index >= 15 is 0 Å². The molecule has 2 rings (SSSR count). The van der Waals surface area contributed by atoms with E-state index in [2.05, 4.69) is 5.10 Å². The van der Waals surface area contributed by atoms with Crippen LogP contribution in [-0.2, 0) is 11.3 Å². The zero-order chi connectivity index (χ0) is 10.1. The predicted octanol–water partition coefficient (Wildman–Crippen LogP) is 0.0921. The molecule has 2 aromatic heterocycles. The fourth-order valence-electron chi connectivity index (χ4n) is 1.32. The second kappa shape index (κ2) is 2.88. The van der Waals surface area contributed by atoms with Gasteiger partial charge in [0, 0.05) is 12.4 Å². The highest BCUT2D eigenvalue weighted by Crippen LogP contribution is 2.10. The van der Waals surface area contributed by atoms with Gasteiger partial charge in [-0.15, -0.1) is 0 Å². The molecule has 14 heavy (non-hydrogen) atoms. The Morgan fingerprint density at radius 3 is 3.07 bits per heavy atom. The van der Waals surface area contributed by atoms with Crippen molar-refractivity contribution >= 4 is 11.6 Å². The second-order valence-electron chi connectivity index (χ2n) is 2.76. The smallest absolute Gasteiger partial charge is 0.323 e. The summed E-state index contributed by atoms with van der Waals surface area (Å²) in [6, 6.07) is 1.95. The molecule has 0 amide bonds. The highest BCUT2D eigenvalue weighted by molar-refractivity contribution is 5.68. The molecule has 0 unspecified atom stereocenters. The number of carboxylic acids is 1. The Bertz CT molecular complexity index is 531. The summed E-state index contributed by atoms with van der Waals surface area (Å²) in [7, 11) is 0. The zero-order valence-corrected chi connectivity index (χ0v) is 7.08. The van der Waals surface area contributed by atoms with Crippen LogP contribution < -0.4 is 0 Å². The van der Waals surface area contributed by atoms with Gasteiger partial charge in [0.05, 0.1) is 6.20 Å². The van der Waals surface area contributed by atoms with Crippen LogP contribution in [-0.4, -0.2) is 25.3 Å². The molecule has 0 atom stereocenters. The number of carboxylic acid groups (broad SMARTS) is 1. The molecule has 0 aliphatic rings. The van der Waals surface area contributed by atoms with Crippen molar-refractivity contribution in [3.63, 3.8) is 0 Å². The summed E-state index contributed by atoms with van der Waals surface area (Å²) in [5.41, 5.74) is 0.881. The molecular formula is C8H6N4O2. The van der Waals surface area contributed by atoms with Gasteiger partial charge in [-0.25, -0.2) is 4.52 Å². The van der Waals surface area contributed by atoms with E-state index in [1.807, 2.05) is 6.07 Å². The van der Waals surface area contributed by atoms with Crippen molar-refractivity contribution in [2.75, 3.05) is 0 Å². The summed E-state index contributed by atoms with van der Waals surface area (Å²) in [5, 5.41) is 21.2. The molecule has 2 heterocycles. The SMILES string of the molecule is N#Cc1cnn2ccn(CC(=O)O)c12. The number of carbonyl (C=O) groups is 1. The van der Waals surface area contributed by atoms with Crippen LogP contribution >= 0.6 is 0 Å². The highest BCUT2D eigenvalue weighted by atomic mass is 16.4. The molecule has 0 aliphatic heterocycles. The van der Waals surface area contributed by atoms with E-state index in [-0.39, 0.29) is 6.54 Å². The quantitative estimate of drug-likeness (QED) is 0.727. The third-order valence-electron chi connectivity index (χ3n) is 1.86. The molecule has 0 saturated carbocycles. The lowest BCUT2D eigenvalue weighted by atomic mass is 10.4. The first-order chi connectivity index (χ1) is 6.72. The summed E-state index contributed by atoms with van der Waals surface area (Å²) >= 11 is 0. The molecule has 70 valence electrons. The second-order valence-corrected chi connectivity index (χ2v) is 2.76. The van der Waals surface area contributed by atoms with Crippen LogP contribution in [0.3, 0.4) is 0 Å². The molecule has 0 spiro atoms. The molecule has 0 aromatic carbocycles. The molecule has 0 fully saturated rings. The van der Waals surface area contributed by atoms with Gasteiger partial charge < -0.3 is 9.67 Å². The summed E-state index contributed by atoms with van der Waals surface area (Å²) in [6.07, 6.45) is 4.60. The Hall–Kier alpha value is -2.29. The number of hydrogen-bond acceptors (Lipinski definition) is 3. The van der Waals surface area contributed by atoms with Crippen molar-refractivity contribution in [1.82, 2.24) is 14.2 Å². The van der Waals surface area contributed by atoms with Gasteiger partial charge in [-0.05, 0) is 0 Å². The number of fused-ring (bicyclic) bond motifs is 1. The van der Waals surface area contributed by atoms with Gasteiger partial charge in [0.15, 0.2) is 5.65 Å². The Balaban J connectivity index is 2.60. The Labute approximate surface area is 78.6 Å². The van der Waals surface area contributed by atoms with Crippen LogP contribution in [0.5, 0.6) is 0 Å². The maximum atomic E-state index is 10.5. The van der Waals surface area contributed by atoms with Crippen LogP contribution in [0.4, 0.5) is 0 Å². The molecule has 0 aliphatic carbocycles. The third-order valence-corrected chi connectivity index (χ3v) is 1.86. The molecule has 0 radical (unpaired) electrons. The Morgan fingerprint density at radius 2 is 2.43 bits per heavy atom. The first kappa shape index (κ1) is 8.31. The van der Waals surface area contributed by atoms with Crippen molar-refractivity contribution in [3.8, 4) is 6.07 Å². The van der Waals surface area contributed by atoms with Gasteiger partial charge >= 0.3 is 5.97 Å². The number of rotatable bonds is 2. The lowest BCUT2D eigenvalue weighted by Crippen LogP contribution is -2.07. The minimum atomic E-state index is -0.951. The van der Waals surface area contributed by atoms with Crippen LogP contribution in [0.2, 0.25) is 0 Å². The monoisotopic (exact) mass is 190 g/mol. The molecule has 0 saturated heterocycles. The zero-order valence-electron chi connectivity index (χ0n) is 7.08. The van der Waals surface area contributed by atoms with E-state index < -0.39 is 5.97 Å². The maximum Gasteiger partial charge on any atom is 0.323 e. The van der Waals surface area contributed by atoms with Gasteiger partial charge in [-0.1, -0.05) is 0 Å². The minimum absolute atomic E-state index is 0.170. The van der Waals surface area contributed by atoms with E-state index in [4.69, 9.17) is 10.4 Å². The normalized spacial score (nSPS) is 10.2. The van der Waals surface area contributed by atoms with Crippen molar-refractivity contribution in [2.45, 2.75) is 6.54 Å². The van der Waals surface area contributed by atoms with Crippen molar-refractivity contribution in [2.24, 2.45) is 0 Å². The van der Waals surface area contributed by atoms with Gasteiger partial charge in [-0.2, -0.15) is 10.4 Å². The lowest BCUT2D eigenvalue weighted by molar-refractivity contribution is -0.137. The first-order valence-corrected chi connectivity index (χ1v) is 3.86. The summed E-state index contributed by atoms with van der Waals surface area (Å²) in [4.78, 5) is 10.5. The van der Waals surface area contributed by atoms with Gasteiger partial charge in [0.25, 0.3) is 0 Å². The average molecular weight is 190 g/mol. The molecule has 6 heteroatoms. The minimum Gasteiger partial charge on any atom is -0.480 e. The third kappa shape index (κ3) is 1.11. The van der Waals surface area contributed by atoms with E-state index in [0.717, 1.165) is 0 Å². The standard InChI is InChI=1S/C8H6N4O2/c9-3-6-4-10-12-2-1-11(8(6)12)5-7(13)14/h1-2,4H,5H2,(H,13,14). The highest BCUT2D eigenvalue weighted by Gasteiger charge is 2.10. The molecule has 6 nitrogen and oxygen atoms in total. The molecular weight excluding hydrogens is 184 g/mol.